The zero-order valence-corrected chi connectivity index (χ0v) is 9.92. The highest BCUT2D eigenvalue weighted by molar-refractivity contribution is 5.98. The second-order valence-corrected chi connectivity index (χ2v) is 4.35. The van der Waals surface area contributed by atoms with E-state index >= 15 is 0 Å². The Balaban J connectivity index is 1.98. The summed E-state index contributed by atoms with van der Waals surface area (Å²) < 4.78 is 0. The summed E-state index contributed by atoms with van der Waals surface area (Å²) in [7, 11) is 0. The molecule has 0 aromatic heterocycles. The van der Waals surface area contributed by atoms with Crippen molar-refractivity contribution in [3.8, 4) is 0 Å². The molecule has 7 heteroatoms. The topological polar surface area (TPSA) is 122 Å². The van der Waals surface area contributed by atoms with Gasteiger partial charge in [0.25, 0.3) is 0 Å². The number of rotatable bonds is 4. The molecule has 1 saturated carbocycles. The van der Waals surface area contributed by atoms with Gasteiger partial charge >= 0.3 is 12.0 Å². The summed E-state index contributed by atoms with van der Waals surface area (Å²) in [6, 6.07) is 5.75. The minimum Gasteiger partial charge on any atom is -0.481 e. The predicted octanol–water partition coefficient (Wildman–Crippen LogP) is 0.836. The van der Waals surface area contributed by atoms with Crippen LogP contribution >= 0.6 is 0 Å². The Kier molecular flexibility index (Phi) is 3.37. The van der Waals surface area contributed by atoms with Crippen LogP contribution in [0.3, 0.4) is 0 Å². The lowest BCUT2D eigenvalue weighted by atomic mass is 10.2. The Morgan fingerprint density at radius 3 is 2.32 bits per heavy atom. The van der Waals surface area contributed by atoms with Crippen LogP contribution in [0.25, 0.3) is 0 Å². The maximum atomic E-state index is 11.7. The van der Waals surface area contributed by atoms with Crippen LogP contribution in [0.15, 0.2) is 24.3 Å². The molecule has 1 aromatic rings. The molecule has 0 heterocycles. The smallest absolute Gasteiger partial charge is 0.316 e. The van der Waals surface area contributed by atoms with Gasteiger partial charge in [0.2, 0.25) is 5.91 Å². The van der Waals surface area contributed by atoms with E-state index in [0.29, 0.717) is 17.8 Å². The highest BCUT2D eigenvalue weighted by atomic mass is 16.4. The summed E-state index contributed by atoms with van der Waals surface area (Å²) in [4.78, 5) is 33.1. The lowest BCUT2D eigenvalue weighted by Crippen LogP contribution is -2.20. The first-order valence-corrected chi connectivity index (χ1v) is 5.67. The first-order valence-electron chi connectivity index (χ1n) is 5.67. The molecule has 0 spiro atoms. The van der Waals surface area contributed by atoms with Crippen molar-refractivity contribution in [1.29, 1.82) is 0 Å². The van der Waals surface area contributed by atoms with Gasteiger partial charge in [0, 0.05) is 11.4 Å². The van der Waals surface area contributed by atoms with Gasteiger partial charge in [-0.25, -0.2) is 4.79 Å². The van der Waals surface area contributed by atoms with Crippen LogP contribution in [0.5, 0.6) is 0 Å². The zero-order valence-electron chi connectivity index (χ0n) is 9.92. The van der Waals surface area contributed by atoms with Crippen molar-refractivity contribution in [2.75, 3.05) is 10.6 Å². The Hall–Kier alpha value is -2.57. The molecule has 2 rings (SSSR count). The first kappa shape index (κ1) is 12.9. The number of nitrogens with one attached hydrogen (secondary N) is 2. The van der Waals surface area contributed by atoms with Crippen LogP contribution in [-0.2, 0) is 9.59 Å². The number of carboxylic acid groups (broad SMARTS) is 1. The van der Waals surface area contributed by atoms with Gasteiger partial charge in [-0.15, -0.1) is 0 Å². The largest absolute Gasteiger partial charge is 0.481 e. The fourth-order valence-electron chi connectivity index (χ4n) is 1.81. The van der Waals surface area contributed by atoms with E-state index in [1.807, 2.05) is 0 Å². The number of hydrogen-bond donors (Lipinski definition) is 4. The van der Waals surface area contributed by atoms with Crippen LogP contribution < -0.4 is 16.4 Å². The number of hydrogen-bond acceptors (Lipinski definition) is 3. The minimum atomic E-state index is -0.954. The van der Waals surface area contributed by atoms with Crippen molar-refractivity contribution >= 4 is 29.3 Å². The van der Waals surface area contributed by atoms with E-state index in [2.05, 4.69) is 10.6 Å². The maximum Gasteiger partial charge on any atom is 0.316 e. The number of aliphatic carboxylic acids is 1. The summed E-state index contributed by atoms with van der Waals surface area (Å²) in [6.07, 6.45) is 0.362. The maximum absolute atomic E-state index is 11.7. The fourth-order valence-corrected chi connectivity index (χ4v) is 1.81. The molecular formula is C12H13N3O4. The summed E-state index contributed by atoms with van der Waals surface area (Å²) in [5, 5.41) is 13.7. The van der Waals surface area contributed by atoms with E-state index in [9.17, 15) is 14.4 Å². The molecule has 1 aromatic carbocycles. The molecule has 0 bridgehead atoms. The third kappa shape index (κ3) is 3.21. The molecule has 2 atom stereocenters. The molecule has 100 valence electrons. The molecule has 0 aliphatic heterocycles. The molecule has 0 radical (unpaired) electrons. The third-order valence-electron chi connectivity index (χ3n) is 2.84. The lowest BCUT2D eigenvalue weighted by molar-refractivity contribution is -0.139. The minimum absolute atomic E-state index is 0.330. The van der Waals surface area contributed by atoms with Crippen LogP contribution in [0, 0.1) is 11.8 Å². The monoisotopic (exact) mass is 263 g/mol. The second-order valence-electron chi connectivity index (χ2n) is 4.35. The average molecular weight is 263 g/mol. The van der Waals surface area contributed by atoms with Crippen LogP contribution in [0.1, 0.15) is 6.42 Å². The van der Waals surface area contributed by atoms with E-state index in [1.54, 1.807) is 24.3 Å². The van der Waals surface area contributed by atoms with Crippen molar-refractivity contribution in [3.05, 3.63) is 24.3 Å². The summed E-state index contributed by atoms with van der Waals surface area (Å²) in [5.74, 6) is -2.36. The number of anilines is 2. The molecule has 1 aliphatic rings. The second kappa shape index (κ2) is 4.97. The standard InChI is InChI=1S/C12H13N3O4/c13-12(19)15-7-3-1-2-6(4-7)14-10(16)8-5-9(8)11(17)18/h1-4,8-9H,5H2,(H,14,16)(H,17,18)(H3,13,15,19). The van der Waals surface area contributed by atoms with E-state index in [4.69, 9.17) is 10.8 Å². The van der Waals surface area contributed by atoms with Gasteiger partial charge in [-0.1, -0.05) is 6.07 Å². The number of amides is 3. The molecular weight excluding hydrogens is 250 g/mol. The SMILES string of the molecule is NC(=O)Nc1cccc(NC(=O)C2CC2C(=O)O)c1. The summed E-state index contributed by atoms with van der Waals surface area (Å²) in [5.41, 5.74) is 5.92. The molecule has 5 N–H and O–H groups in total. The number of urea groups is 1. The number of carbonyl (C=O) groups is 3. The van der Waals surface area contributed by atoms with Crippen molar-refractivity contribution < 1.29 is 19.5 Å². The van der Waals surface area contributed by atoms with Gasteiger partial charge in [-0.05, 0) is 24.6 Å². The Morgan fingerprint density at radius 2 is 1.79 bits per heavy atom. The molecule has 2 unspecified atom stereocenters. The van der Waals surface area contributed by atoms with Gasteiger partial charge in [0.05, 0.1) is 11.8 Å². The Morgan fingerprint density at radius 1 is 1.16 bits per heavy atom. The lowest BCUT2D eigenvalue weighted by Gasteiger charge is -2.07. The predicted molar refractivity (Wildman–Crippen MR) is 67.5 cm³/mol. The number of benzene rings is 1. The van der Waals surface area contributed by atoms with E-state index < -0.39 is 23.8 Å². The van der Waals surface area contributed by atoms with Gasteiger partial charge in [0.1, 0.15) is 0 Å². The van der Waals surface area contributed by atoms with Crippen LogP contribution in [0.2, 0.25) is 0 Å². The molecule has 1 aliphatic carbocycles. The van der Waals surface area contributed by atoms with Crippen LogP contribution in [0.4, 0.5) is 16.2 Å². The molecule has 1 fully saturated rings. The van der Waals surface area contributed by atoms with Gasteiger partial charge in [-0.2, -0.15) is 0 Å². The first-order chi connectivity index (χ1) is 8.97. The Labute approximate surface area is 108 Å². The van der Waals surface area contributed by atoms with Crippen LogP contribution in [-0.4, -0.2) is 23.0 Å². The fraction of sp³-hybridized carbons (Fsp3) is 0.250. The van der Waals surface area contributed by atoms with E-state index in [0.717, 1.165) is 0 Å². The van der Waals surface area contributed by atoms with E-state index in [1.165, 1.54) is 0 Å². The number of nitrogens with two attached hydrogens (primary N) is 1. The third-order valence-corrected chi connectivity index (χ3v) is 2.84. The van der Waals surface area contributed by atoms with Gasteiger partial charge < -0.3 is 21.5 Å². The molecule has 7 nitrogen and oxygen atoms in total. The molecule has 19 heavy (non-hydrogen) atoms. The van der Waals surface area contributed by atoms with Crippen molar-refractivity contribution in [2.45, 2.75) is 6.42 Å². The number of carboxylic acids is 1. The van der Waals surface area contributed by atoms with Gasteiger partial charge in [-0.3, -0.25) is 9.59 Å². The van der Waals surface area contributed by atoms with Crippen molar-refractivity contribution in [3.63, 3.8) is 0 Å². The summed E-state index contributed by atoms with van der Waals surface area (Å²) in [6.45, 7) is 0. The highest BCUT2D eigenvalue weighted by Gasteiger charge is 2.48. The zero-order chi connectivity index (χ0) is 14.0. The number of carbonyl (C=O) groups excluding carboxylic acids is 2. The highest BCUT2D eigenvalue weighted by Crippen LogP contribution is 2.39. The van der Waals surface area contributed by atoms with E-state index in [-0.39, 0.29) is 5.91 Å². The quantitative estimate of drug-likeness (QED) is 0.642. The Bertz CT molecular complexity index is 544. The molecule has 0 saturated heterocycles. The van der Waals surface area contributed by atoms with Gasteiger partial charge in [0.15, 0.2) is 0 Å². The normalized spacial score (nSPS) is 20.4. The molecule has 3 amide bonds. The average Bonchev–Trinajstić information content (AvgIpc) is 3.08. The summed E-state index contributed by atoms with van der Waals surface area (Å²) >= 11 is 0. The van der Waals surface area contributed by atoms with Crippen molar-refractivity contribution in [2.24, 2.45) is 17.6 Å². The van der Waals surface area contributed by atoms with Crippen molar-refractivity contribution in [1.82, 2.24) is 0 Å². The number of primary amides is 1.